The van der Waals surface area contributed by atoms with Gasteiger partial charge in [0.25, 0.3) is 5.69 Å². The maximum atomic E-state index is 10.9. The summed E-state index contributed by atoms with van der Waals surface area (Å²) in [4.78, 5) is 22.4. The summed E-state index contributed by atoms with van der Waals surface area (Å²) < 4.78 is 0. The van der Waals surface area contributed by atoms with E-state index in [9.17, 15) is 14.9 Å². The number of aromatic carboxylic acids is 1. The number of hydrogen-bond donors (Lipinski definition) is 1. The van der Waals surface area contributed by atoms with Crippen molar-refractivity contribution in [2.24, 2.45) is 0 Å². The molecule has 0 aliphatic rings. The zero-order valence-electron chi connectivity index (χ0n) is 9.95. The predicted octanol–water partition coefficient (Wildman–Crippen LogP) is 4.10. The highest BCUT2D eigenvalue weighted by Gasteiger charge is 2.15. The van der Waals surface area contributed by atoms with Gasteiger partial charge in [-0.2, -0.15) is 0 Å². The minimum absolute atomic E-state index is 0.00132. The van der Waals surface area contributed by atoms with Crippen LogP contribution in [0.3, 0.4) is 0 Å². The van der Waals surface area contributed by atoms with Crippen LogP contribution in [0.25, 0.3) is 0 Å². The number of carboxylic acids is 1. The van der Waals surface area contributed by atoms with Crippen LogP contribution >= 0.6 is 23.4 Å². The van der Waals surface area contributed by atoms with Crippen LogP contribution in [0.4, 0.5) is 5.69 Å². The average Bonchev–Trinajstić information content (AvgIpc) is 2.38. The maximum Gasteiger partial charge on any atom is 0.337 e. The molecule has 2 rings (SSSR count). The lowest BCUT2D eigenvalue weighted by Gasteiger charge is -2.05. The van der Waals surface area contributed by atoms with Crippen LogP contribution in [0.2, 0.25) is 5.02 Å². The standard InChI is InChI=1S/C13H8ClNO4S/c14-10-7-8(5-6-9(10)13(16)17)20-12-4-2-1-3-11(12)15(18)19/h1-7H,(H,16,17). The Kier molecular flexibility index (Phi) is 4.26. The van der Waals surface area contributed by atoms with Gasteiger partial charge in [-0.1, -0.05) is 35.5 Å². The van der Waals surface area contributed by atoms with E-state index in [-0.39, 0.29) is 16.3 Å². The summed E-state index contributed by atoms with van der Waals surface area (Å²) in [5, 5.41) is 19.9. The monoisotopic (exact) mass is 309 g/mol. The summed E-state index contributed by atoms with van der Waals surface area (Å²) >= 11 is 7.02. The molecule has 0 heterocycles. The Morgan fingerprint density at radius 2 is 1.95 bits per heavy atom. The van der Waals surface area contributed by atoms with Crippen LogP contribution < -0.4 is 0 Å². The normalized spacial score (nSPS) is 10.2. The molecule has 0 atom stereocenters. The van der Waals surface area contributed by atoms with Crippen molar-refractivity contribution in [3.05, 3.63) is 63.2 Å². The number of hydrogen-bond acceptors (Lipinski definition) is 4. The molecule has 5 nitrogen and oxygen atoms in total. The first-order valence-corrected chi connectivity index (χ1v) is 6.62. The van der Waals surface area contributed by atoms with E-state index in [1.165, 1.54) is 18.2 Å². The number of halogens is 1. The van der Waals surface area contributed by atoms with Gasteiger partial charge in [-0.15, -0.1) is 0 Å². The SMILES string of the molecule is O=C(O)c1ccc(Sc2ccccc2[N+](=O)[O-])cc1Cl. The van der Waals surface area contributed by atoms with Crippen LogP contribution in [-0.4, -0.2) is 16.0 Å². The summed E-state index contributed by atoms with van der Waals surface area (Å²) in [5.41, 5.74) is -0.00508. The van der Waals surface area contributed by atoms with Crippen LogP contribution in [0.15, 0.2) is 52.3 Å². The van der Waals surface area contributed by atoms with Crippen molar-refractivity contribution >= 4 is 35.0 Å². The molecule has 0 unspecified atom stereocenters. The zero-order chi connectivity index (χ0) is 14.7. The van der Waals surface area contributed by atoms with E-state index >= 15 is 0 Å². The zero-order valence-corrected chi connectivity index (χ0v) is 11.5. The molecule has 1 N–H and O–H groups in total. The van der Waals surface area contributed by atoms with Crippen LogP contribution in [0.5, 0.6) is 0 Å². The molecular formula is C13H8ClNO4S. The third-order valence-electron chi connectivity index (χ3n) is 2.46. The topological polar surface area (TPSA) is 80.4 Å². The average molecular weight is 310 g/mol. The molecule has 0 fully saturated rings. The lowest BCUT2D eigenvalue weighted by molar-refractivity contribution is -0.387. The summed E-state index contributed by atoms with van der Waals surface area (Å²) in [7, 11) is 0. The van der Waals surface area contributed by atoms with Crippen molar-refractivity contribution in [3.63, 3.8) is 0 Å². The molecule has 0 saturated carbocycles. The maximum absolute atomic E-state index is 10.9. The van der Waals surface area contributed by atoms with Gasteiger partial charge in [0.15, 0.2) is 0 Å². The van der Waals surface area contributed by atoms with Crippen LogP contribution in [-0.2, 0) is 0 Å². The second-order valence-electron chi connectivity index (χ2n) is 3.77. The Bertz CT molecular complexity index is 690. The van der Waals surface area contributed by atoms with E-state index in [1.807, 2.05) is 0 Å². The lowest BCUT2D eigenvalue weighted by Crippen LogP contribution is -1.97. The number of nitrogens with zero attached hydrogens (tertiary/aromatic N) is 1. The van der Waals surface area contributed by atoms with Crippen molar-refractivity contribution in [1.29, 1.82) is 0 Å². The Labute approximate surface area is 123 Å². The van der Waals surface area contributed by atoms with Crippen molar-refractivity contribution in [2.45, 2.75) is 9.79 Å². The summed E-state index contributed by atoms with van der Waals surface area (Å²) in [6, 6.07) is 10.7. The second kappa shape index (κ2) is 5.94. The minimum atomic E-state index is -1.11. The fourth-order valence-corrected chi connectivity index (χ4v) is 2.84. The summed E-state index contributed by atoms with van der Waals surface area (Å²) in [6.45, 7) is 0. The molecule has 0 aliphatic carbocycles. The Hall–Kier alpha value is -2.05. The molecule has 0 bridgehead atoms. The first-order chi connectivity index (χ1) is 9.49. The molecule has 20 heavy (non-hydrogen) atoms. The molecule has 0 spiro atoms. The Balaban J connectivity index is 2.34. The van der Waals surface area contributed by atoms with E-state index in [1.54, 1.807) is 24.3 Å². The minimum Gasteiger partial charge on any atom is -0.478 e. The number of carbonyl (C=O) groups is 1. The molecule has 0 saturated heterocycles. The van der Waals surface area contributed by atoms with Gasteiger partial charge in [0.05, 0.1) is 20.4 Å². The van der Waals surface area contributed by atoms with Gasteiger partial charge in [0, 0.05) is 11.0 Å². The molecule has 0 amide bonds. The third kappa shape index (κ3) is 3.09. The first-order valence-electron chi connectivity index (χ1n) is 5.43. The Morgan fingerprint density at radius 3 is 2.55 bits per heavy atom. The van der Waals surface area contributed by atoms with E-state index in [4.69, 9.17) is 16.7 Å². The van der Waals surface area contributed by atoms with Crippen molar-refractivity contribution in [1.82, 2.24) is 0 Å². The number of rotatable bonds is 4. The highest BCUT2D eigenvalue weighted by atomic mass is 35.5. The van der Waals surface area contributed by atoms with E-state index in [0.29, 0.717) is 9.79 Å². The van der Waals surface area contributed by atoms with Gasteiger partial charge in [-0.3, -0.25) is 10.1 Å². The highest BCUT2D eigenvalue weighted by Crippen LogP contribution is 2.36. The quantitative estimate of drug-likeness (QED) is 0.679. The summed E-state index contributed by atoms with van der Waals surface area (Å²) in [6.07, 6.45) is 0. The van der Waals surface area contributed by atoms with Crippen molar-refractivity contribution in [3.8, 4) is 0 Å². The largest absolute Gasteiger partial charge is 0.478 e. The number of benzene rings is 2. The molecular weight excluding hydrogens is 302 g/mol. The lowest BCUT2D eigenvalue weighted by atomic mass is 10.2. The van der Waals surface area contributed by atoms with Crippen LogP contribution in [0, 0.1) is 10.1 Å². The van der Waals surface area contributed by atoms with Crippen LogP contribution in [0.1, 0.15) is 10.4 Å². The molecule has 0 aromatic heterocycles. The van der Waals surface area contributed by atoms with Crippen molar-refractivity contribution in [2.75, 3.05) is 0 Å². The molecule has 7 heteroatoms. The number of nitro groups is 1. The highest BCUT2D eigenvalue weighted by molar-refractivity contribution is 7.99. The van der Waals surface area contributed by atoms with Crippen molar-refractivity contribution < 1.29 is 14.8 Å². The molecule has 2 aromatic carbocycles. The smallest absolute Gasteiger partial charge is 0.337 e. The van der Waals surface area contributed by atoms with Gasteiger partial charge >= 0.3 is 5.97 Å². The van der Waals surface area contributed by atoms with E-state index in [2.05, 4.69) is 0 Å². The van der Waals surface area contributed by atoms with Gasteiger partial charge in [0.2, 0.25) is 0 Å². The fourth-order valence-electron chi connectivity index (χ4n) is 1.55. The van der Waals surface area contributed by atoms with Gasteiger partial charge in [0.1, 0.15) is 0 Å². The van der Waals surface area contributed by atoms with Gasteiger partial charge in [-0.25, -0.2) is 4.79 Å². The fraction of sp³-hybridized carbons (Fsp3) is 0. The van der Waals surface area contributed by atoms with Gasteiger partial charge < -0.3 is 5.11 Å². The molecule has 2 aromatic rings. The predicted molar refractivity (Wildman–Crippen MR) is 75.6 cm³/mol. The molecule has 0 radical (unpaired) electrons. The Morgan fingerprint density at radius 1 is 1.25 bits per heavy atom. The van der Waals surface area contributed by atoms with Gasteiger partial charge in [-0.05, 0) is 24.3 Å². The first kappa shape index (κ1) is 14.4. The van der Waals surface area contributed by atoms with E-state index < -0.39 is 10.9 Å². The molecule has 102 valence electrons. The number of nitro benzene ring substituents is 1. The second-order valence-corrected chi connectivity index (χ2v) is 5.30. The number of carboxylic acid groups (broad SMARTS) is 1. The molecule has 0 aliphatic heterocycles. The summed E-state index contributed by atoms with van der Waals surface area (Å²) in [5.74, 6) is -1.11. The van der Waals surface area contributed by atoms with E-state index in [0.717, 1.165) is 11.8 Å². The third-order valence-corrected chi connectivity index (χ3v) is 3.83. The number of para-hydroxylation sites is 1.